The summed E-state index contributed by atoms with van der Waals surface area (Å²) in [6, 6.07) is 2.47. The summed E-state index contributed by atoms with van der Waals surface area (Å²) >= 11 is 1.75. The zero-order chi connectivity index (χ0) is 12.0. The molecule has 0 aliphatic rings. The van der Waals surface area contributed by atoms with Crippen LogP contribution in [0.3, 0.4) is 0 Å². The van der Waals surface area contributed by atoms with Crippen LogP contribution < -0.4 is 5.32 Å². The molecule has 88 valence electrons. The first-order valence-corrected chi connectivity index (χ1v) is 6.51. The van der Waals surface area contributed by atoms with Gasteiger partial charge in [0.05, 0.1) is 16.8 Å². The van der Waals surface area contributed by atoms with Gasteiger partial charge < -0.3 is 5.32 Å². The summed E-state index contributed by atoms with van der Waals surface area (Å²) in [6.45, 7) is 7.26. The number of hydrogen-bond acceptors (Lipinski definition) is 4. The van der Waals surface area contributed by atoms with Gasteiger partial charge in [-0.15, -0.1) is 11.3 Å². The van der Waals surface area contributed by atoms with E-state index in [0.29, 0.717) is 12.5 Å². The Balaban J connectivity index is 2.33. The minimum absolute atomic E-state index is 0.312. The lowest BCUT2D eigenvalue weighted by Crippen LogP contribution is -2.20. The number of nitrogens with one attached hydrogen (secondary N) is 1. The molecule has 1 unspecified atom stereocenters. The highest BCUT2D eigenvalue weighted by Gasteiger charge is 2.11. The average Bonchev–Trinajstić information content (AvgIpc) is 2.57. The topological polar surface area (TPSA) is 48.7 Å². The van der Waals surface area contributed by atoms with Gasteiger partial charge in [-0.05, 0) is 40.2 Å². The van der Waals surface area contributed by atoms with Gasteiger partial charge in [-0.2, -0.15) is 5.26 Å². The molecule has 0 aliphatic heterocycles. The van der Waals surface area contributed by atoms with Crippen molar-refractivity contribution in [2.24, 2.45) is 0 Å². The Morgan fingerprint density at radius 1 is 1.44 bits per heavy atom. The third-order valence-electron chi connectivity index (χ3n) is 2.52. The number of rotatable bonds is 6. The van der Waals surface area contributed by atoms with Gasteiger partial charge in [0.2, 0.25) is 0 Å². The van der Waals surface area contributed by atoms with Gasteiger partial charge in [0.25, 0.3) is 0 Å². The van der Waals surface area contributed by atoms with Crippen LogP contribution in [0, 0.1) is 25.2 Å². The number of nitrogens with zero attached hydrogens (tertiary/aromatic N) is 2. The summed E-state index contributed by atoms with van der Waals surface area (Å²) in [7, 11) is 0. The average molecular weight is 237 g/mol. The Bertz CT molecular complexity index is 365. The molecule has 1 aromatic rings. The number of aryl methyl sites for hydroxylation is 2. The lowest BCUT2D eigenvalue weighted by molar-refractivity contribution is 0.539. The SMILES string of the molecule is Cc1nc(C(C)NCCCCC#N)c(C)s1. The van der Waals surface area contributed by atoms with Crippen molar-refractivity contribution in [2.75, 3.05) is 6.54 Å². The third kappa shape index (κ3) is 3.92. The summed E-state index contributed by atoms with van der Waals surface area (Å²) in [5.74, 6) is 0. The van der Waals surface area contributed by atoms with E-state index in [1.165, 1.54) is 10.6 Å². The van der Waals surface area contributed by atoms with Gasteiger partial charge in [0.15, 0.2) is 0 Å². The molecular formula is C12H19N3S. The molecule has 1 heterocycles. The van der Waals surface area contributed by atoms with Crippen LogP contribution in [0.1, 0.15) is 47.8 Å². The Labute approximate surface area is 102 Å². The number of thiazole rings is 1. The number of hydrogen-bond donors (Lipinski definition) is 1. The third-order valence-corrected chi connectivity index (χ3v) is 3.42. The Morgan fingerprint density at radius 3 is 2.75 bits per heavy atom. The minimum Gasteiger partial charge on any atom is -0.309 e. The molecule has 0 aromatic carbocycles. The van der Waals surface area contributed by atoms with Crippen molar-refractivity contribution in [1.82, 2.24) is 10.3 Å². The minimum atomic E-state index is 0.312. The summed E-state index contributed by atoms with van der Waals surface area (Å²) in [6.07, 6.45) is 2.69. The van der Waals surface area contributed by atoms with Gasteiger partial charge in [-0.25, -0.2) is 4.98 Å². The van der Waals surface area contributed by atoms with Crippen LogP contribution in [-0.2, 0) is 0 Å². The van der Waals surface area contributed by atoms with E-state index in [0.717, 1.165) is 24.4 Å². The molecule has 0 saturated carbocycles. The fourth-order valence-corrected chi connectivity index (χ4v) is 2.61. The van der Waals surface area contributed by atoms with Gasteiger partial charge in [-0.1, -0.05) is 0 Å². The number of aromatic nitrogens is 1. The second kappa shape index (κ2) is 6.62. The molecule has 0 spiro atoms. The van der Waals surface area contributed by atoms with Crippen LogP contribution in [0.15, 0.2) is 0 Å². The summed E-state index contributed by atoms with van der Waals surface area (Å²) < 4.78 is 0. The van der Waals surface area contributed by atoms with Crippen LogP contribution in [0.5, 0.6) is 0 Å². The van der Waals surface area contributed by atoms with Gasteiger partial charge in [0.1, 0.15) is 0 Å². The Kier molecular flexibility index (Phi) is 5.44. The quantitative estimate of drug-likeness (QED) is 0.773. The molecule has 0 fully saturated rings. The smallest absolute Gasteiger partial charge is 0.0900 e. The monoisotopic (exact) mass is 237 g/mol. The van der Waals surface area contributed by atoms with Crippen molar-refractivity contribution in [3.8, 4) is 6.07 Å². The van der Waals surface area contributed by atoms with E-state index in [1.54, 1.807) is 11.3 Å². The molecule has 0 amide bonds. The fourth-order valence-electron chi connectivity index (χ4n) is 1.69. The molecule has 0 bridgehead atoms. The second-order valence-electron chi connectivity index (χ2n) is 3.97. The van der Waals surface area contributed by atoms with E-state index in [9.17, 15) is 0 Å². The summed E-state index contributed by atoms with van der Waals surface area (Å²) in [5.41, 5.74) is 1.17. The van der Waals surface area contributed by atoms with Crippen molar-refractivity contribution in [1.29, 1.82) is 5.26 Å². The van der Waals surface area contributed by atoms with Gasteiger partial charge in [-0.3, -0.25) is 0 Å². The Hall–Kier alpha value is -0.920. The number of nitriles is 1. The molecule has 1 atom stereocenters. The van der Waals surface area contributed by atoms with E-state index in [1.807, 2.05) is 6.92 Å². The standard InChI is InChI=1S/C12H19N3S/c1-9(14-8-6-4-5-7-13)12-10(2)16-11(3)15-12/h9,14H,4-6,8H2,1-3H3. The van der Waals surface area contributed by atoms with Crippen molar-refractivity contribution >= 4 is 11.3 Å². The molecular weight excluding hydrogens is 218 g/mol. The normalized spacial score (nSPS) is 12.4. The molecule has 0 aliphatic carbocycles. The Morgan fingerprint density at radius 2 is 2.19 bits per heavy atom. The van der Waals surface area contributed by atoms with E-state index < -0.39 is 0 Å². The molecule has 1 N–H and O–H groups in total. The van der Waals surface area contributed by atoms with Crippen LogP contribution in [0.4, 0.5) is 0 Å². The van der Waals surface area contributed by atoms with Crippen molar-refractivity contribution in [3.05, 3.63) is 15.6 Å². The van der Waals surface area contributed by atoms with Crippen molar-refractivity contribution in [2.45, 2.75) is 46.1 Å². The summed E-state index contributed by atoms with van der Waals surface area (Å²) in [4.78, 5) is 5.83. The van der Waals surface area contributed by atoms with E-state index >= 15 is 0 Å². The van der Waals surface area contributed by atoms with Crippen LogP contribution in [0.2, 0.25) is 0 Å². The molecule has 16 heavy (non-hydrogen) atoms. The van der Waals surface area contributed by atoms with Crippen molar-refractivity contribution < 1.29 is 0 Å². The molecule has 4 heteroatoms. The fraction of sp³-hybridized carbons (Fsp3) is 0.667. The van der Waals surface area contributed by atoms with E-state index in [-0.39, 0.29) is 0 Å². The molecule has 1 aromatic heterocycles. The van der Waals surface area contributed by atoms with Crippen molar-refractivity contribution in [3.63, 3.8) is 0 Å². The first-order valence-electron chi connectivity index (χ1n) is 5.69. The maximum atomic E-state index is 8.41. The first kappa shape index (κ1) is 13.1. The maximum Gasteiger partial charge on any atom is 0.0900 e. The van der Waals surface area contributed by atoms with Gasteiger partial charge >= 0.3 is 0 Å². The van der Waals surface area contributed by atoms with Gasteiger partial charge in [0, 0.05) is 17.3 Å². The van der Waals surface area contributed by atoms with Crippen LogP contribution in [0.25, 0.3) is 0 Å². The predicted molar refractivity (Wildman–Crippen MR) is 67.5 cm³/mol. The maximum absolute atomic E-state index is 8.41. The molecule has 3 nitrogen and oxygen atoms in total. The lowest BCUT2D eigenvalue weighted by atomic mass is 10.2. The van der Waals surface area contributed by atoms with Crippen LogP contribution >= 0.6 is 11.3 Å². The highest BCUT2D eigenvalue weighted by Crippen LogP contribution is 2.22. The lowest BCUT2D eigenvalue weighted by Gasteiger charge is -2.12. The van der Waals surface area contributed by atoms with Crippen LogP contribution in [-0.4, -0.2) is 11.5 Å². The molecule has 1 rings (SSSR count). The number of unbranched alkanes of at least 4 members (excludes halogenated alkanes) is 2. The zero-order valence-electron chi connectivity index (χ0n) is 10.2. The highest BCUT2D eigenvalue weighted by atomic mass is 32.1. The summed E-state index contributed by atoms with van der Waals surface area (Å²) in [5, 5.41) is 13.0. The largest absolute Gasteiger partial charge is 0.309 e. The highest BCUT2D eigenvalue weighted by molar-refractivity contribution is 7.11. The second-order valence-corrected chi connectivity index (χ2v) is 5.37. The predicted octanol–water partition coefficient (Wildman–Crippen LogP) is 3.10. The zero-order valence-corrected chi connectivity index (χ0v) is 11.0. The first-order chi connectivity index (χ1) is 7.65. The van der Waals surface area contributed by atoms with E-state index in [2.05, 4.69) is 30.2 Å². The molecule has 0 radical (unpaired) electrons. The molecule has 0 saturated heterocycles. The van der Waals surface area contributed by atoms with E-state index in [4.69, 9.17) is 5.26 Å².